The first kappa shape index (κ1) is 17.6. The highest BCUT2D eigenvalue weighted by atomic mass is 35.5. The molecule has 5 rings (SSSR count). The lowest BCUT2D eigenvalue weighted by Crippen LogP contribution is -2.30. The second kappa shape index (κ2) is 6.57. The summed E-state index contributed by atoms with van der Waals surface area (Å²) in [7, 11) is 0. The fourth-order valence-corrected chi connectivity index (χ4v) is 4.00. The summed E-state index contributed by atoms with van der Waals surface area (Å²) in [6.07, 6.45) is 1.64. The molecule has 2 aromatic carbocycles. The molecule has 1 aliphatic rings. The maximum atomic E-state index is 13.4. The molecule has 2 aromatic heterocycles. The van der Waals surface area contributed by atoms with E-state index in [9.17, 15) is 9.59 Å². The molecule has 1 atom stereocenters. The fraction of sp³-hybridized carbons (Fsp3) is 0.0870. The summed E-state index contributed by atoms with van der Waals surface area (Å²) in [5, 5.41) is 0.954. The van der Waals surface area contributed by atoms with E-state index in [0.29, 0.717) is 27.4 Å². The molecule has 0 spiro atoms. The summed E-state index contributed by atoms with van der Waals surface area (Å²) in [5.41, 5.74) is 2.13. The van der Waals surface area contributed by atoms with Crippen LogP contribution in [0.1, 0.15) is 33.3 Å². The number of rotatable bonds is 2. The Morgan fingerprint density at radius 2 is 1.86 bits per heavy atom. The van der Waals surface area contributed by atoms with Crippen molar-refractivity contribution >= 4 is 34.3 Å². The molecular weight excluding hydrogens is 388 g/mol. The number of para-hydroxylation sites is 1. The van der Waals surface area contributed by atoms with Gasteiger partial charge in [0.25, 0.3) is 5.91 Å². The molecule has 0 saturated heterocycles. The van der Waals surface area contributed by atoms with Crippen molar-refractivity contribution in [2.45, 2.75) is 13.0 Å². The molecule has 0 fully saturated rings. The van der Waals surface area contributed by atoms with Crippen LogP contribution in [0.15, 0.2) is 76.1 Å². The van der Waals surface area contributed by atoms with E-state index >= 15 is 0 Å². The number of aryl methyl sites for hydroxylation is 1. The van der Waals surface area contributed by atoms with Crippen molar-refractivity contribution in [1.29, 1.82) is 0 Å². The van der Waals surface area contributed by atoms with Crippen molar-refractivity contribution in [2.24, 2.45) is 0 Å². The Balaban J connectivity index is 1.84. The van der Waals surface area contributed by atoms with Gasteiger partial charge in [-0.1, -0.05) is 35.9 Å². The normalized spacial score (nSPS) is 15.7. The molecule has 0 saturated carbocycles. The second-order valence-corrected chi connectivity index (χ2v) is 7.43. The standard InChI is InChI=1S/C23H15ClN2O3/c1-13-9-10-25-18(11-13)26-20(14-5-4-6-15(24)12-14)19-21(27)16-7-2-3-8-17(16)29-22(19)23(26)28/h2-12,20H,1H3/t20-/m0/s1. The molecule has 0 N–H and O–H groups in total. The van der Waals surface area contributed by atoms with Crippen LogP contribution in [0, 0.1) is 6.92 Å². The Hall–Kier alpha value is -3.44. The van der Waals surface area contributed by atoms with Gasteiger partial charge in [-0.15, -0.1) is 0 Å². The zero-order chi connectivity index (χ0) is 20.1. The lowest BCUT2D eigenvalue weighted by atomic mass is 9.98. The van der Waals surface area contributed by atoms with Crippen LogP contribution >= 0.6 is 11.6 Å². The summed E-state index contributed by atoms with van der Waals surface area (Å²) < 4.78 is 5.91. The average molecular weight is 403 g/mol. The Labute approximate surface area is 171 Å². The topological polar surface area (TPSA) is 63.4 Å². The third kappa shape index (κ3) is 2.74. The van der Waals surface area contributed by atoms with Crippen molar-refractivity contribution in [2.75, 3.05) is 4.90 Å². The third-order valence-corrected chi connectivity index (χ3v) is 5.32. The summed E-state index contributed by atoms with van der Waals surface area (Å²) in [6, 6.07) is 17.1. The average Bonchev–Trinajstić information content (AvgIpc) is 3.01. The van der Waals surface area contributed by atoms with Gasteiger partial charge in [-0.25, -0.2) is 4.98 Å². The van der Waals surface area contributed by atoms with E-state index in [2.05, 4.69) is 4.98 Å². The van der Waals surface area contributed by atoms with Crippen molar-refractivity contribution < 1.29 is 9.21 Å². The minimum Gasteiger partial charge on any atom is -0.450 e. The number of hydrogen-bond acceptors (Lipinski definition) is 4. The van der Waals surface area contributed by atoms with Crippen LogP contribution in [0.3, 0.4) is 0 Å². The van der Waals surface area contributed by atoms with E-state index in [1.165, 1.54) is 4.90 Å². The van der Waals surface area contributed by atoms with Crippen molar-refractivity contribution in [3.8, 4) is 0 Å². The van der Waals surface area contributed by atoms with Gasteiger partial charge in [-0.05, 0) is 54.4 Å². The van der Waals surface area contributed by atoms with E-state index in [1.54, 1.807) is 48.7 Å². The van der Waals surface area contributed by atoms with E-state index in [1.807, 2.05) is 25.1 Å². The third-order valence-electron chi connectivity index (χ3n) is 5.09. The van der Waals surface area contributed by atoms with Crippen LogP contribution in [-0.4, -0.2) is 10.9 Å². The molecule has 1 aliphatic heterocycles. The maximum absolute atomic E-state index is 13.4. The molecule has 0 unspecified atom stereocenters. The highest BCUT2D eigenvalue weighted by Gasteiger charge is 2.44. The molecule has 3 heterocycles. The van der Waals surface area contributed by atoms with Crippen LogP contribution in [-0.2, 0) is 0 Å². The lowest BCUT2D eigenvalue weighted by Gasteiger charge is -2.24. The zero-order valence-corrected chi connectivity index (χ0v) is 16.2. The predicted molar refractivity (Wildman–Crippen MR) is 112 cm³/mol. The summed E-state index contributed by atoms with van der Waals surface area (Å²) in [5.74, 6) is 0.0998. The van der Waals surface area contributed by atoms with Crippen molar-refractivity contribution in [3.63, 3.8) is 0 Å². The van der Waals surface area contributed by atoms with E-state index in [-0.39, 0.29) is 11.2 Å². The quantitative estimate of drug-likeness (QED) is 0.478. The number of carbonyl (C=O) groups excluding carboxylic acids is 1. The van der Waals surface area contributed by atoms with Crippen LogP contribution in [0.25, 0.3) is 11.0 Å². The van der Waals surface area contributed by atoms with Gasteiger partial charge in [0.15, 0.2) is 5.43 Å². The number of halogens is 1. The van der Waals surface area contributed by atoms with Gasteiger partial charge in [0.1, 0.15) is 11.4 Å². The van der Waals surface area contributed by atoms with Crippen LogP contribution in [0.5, 0.6) is 0 Å². The van der Waals surface area contributed by atoms with Gasteiger partial charge in [0.2, 0.25) is 5.76 Å². The SMILES string of the molecule is Cc1ccnc(N2C(=O)c3oc4ccccc4c(=O)c3[C@@H]2c2cccc(Cl)c2)c1. The molecule has 142 valence electrons. The van der Waals surface area contributed by atoms with Crippen LogP contribution < -0.4 is 10.3 Å². The number of nitrogens with zero attached hydrogens (tertiary/aromatic N) is 2. The highest BCUT2D eigenvalue weighted by Crippen LogP contribution is 2.41. The number of anilines is 1. The number of pyridine rings is 1. The summed E-state index contributed by atoms with van der Waals surface area (Å²) >= 11 is 6.22. The highest BCUT2D eigenvalue weighted by molar-refractivity contribution is 6.30. The molecule has 4 aromatic rings. The Bertz CT molecular complexity index is 1350. The van der Waals surface area contributed by atoms with Crippen molar-refractivity contribution in [1.82, 2.24) is 4.98 Å². The Kier molecular flexibility index (Phi) is 4.00. The van der Waals surface area contributed by atoms with Gasteiger partial charge in [0, 0.05) is 11.2 Å². The molecule has 29 heavy (non-hydrogen) atoms. The minimum absolute atomic E-state index is 0.0435. The van der Waals surface area contributed by atoms with E-state index in [4.69, 9.17) is 16.0 Å². The molecule has 5 nitrogen and oxygen atoms in total. The first-order chi connectivity index (χ1) is 14.0. The van der Waals surface area contributed by atoms with E-state index in [0.717, 1.165) is 11.1 Å². The Morgan fingerprint density at radius 3 is 2.66 bits per heavy atom. The number of amides is 1. The molecular formula is C23H15ClN2O3. The molecule has 1 amide bonds. The monoisotopic (exact) mass is 402 g/mol. The fourth-order valence-electron chi connectivity index (χ4n) is 3.80. The first-order valence-corrected chi connectivity index (χ1v) is 9.50. The maximum Gasteiger partial charge on any atom is 0.296 e. The number of benzene rings is 2. The van der Waals surface area contributed by atoms with Crippen molar-refractivity contribution in [3.05, 3.63) is 105 Å². The summed E-state index contributed by atoms with van der Waals surface area (Å²) in [6.45, 7) is 1.92. The number of fused-ring (bicyclic) bond motifs is 2. The van der Waals surface area contributed by atoms with Gasteiger partial charge >= 0.3 is 0 Å². The molecule has 0 radical (unpaired) electrons. The lowest BCUT2D eigenvalue weighted by molar-refractivity contribution is 0.0970. The van der Waals surface area contributed by atoms with Crippen LogP contribution in [0.2, 0.25) is 5.02 Å². The van der Waals surface area contributed by atoms with Gasteiger partial charge in [-0.2, -0.15) is 0 Å². The Morgan fingerprint density at radius 1 is 1.03 bits per heavy atom. The molecule has 0 aliphatic carbocycles. The zero-order valence-electron chi connectivity index (χ0n) is 15.4. The summed E-state index contributed by atoms with van der Waals surface area (Å²) in [4.78, 5) is 32.7. The number of hydrogen-bond donors (Lipinski definition) is 0. The van der Waals surface area contributed by atoms with Gasteiger partial charge in [-0.3, -0.25) is 14.5 Å². The number of aromatic nitrogens is 1. The van der Waals surface area contributed by atoms with Crippen LogP contribution in [0.4, 0.5) is 5.82 Å². The predicted octanol–water partition coefficient (Wildman–Crippen LogP) is 4.90. The van der Waals surface area contributed by atoms with Gasteiger partial charge < -0.3 is 4.42 Å². The van der Waals surface area contributed by atoms with Gasteiger partial charge in [0.05, 0.1) is 17.0 Å². The molecule has 6 heteroatoms. The smallest absolute Gasteiger partial charge is 0.296 e. The number of carbonyl (C=O) groups is 1. The first-order valence-electron chi connectivity index (χ1n) is 9.12. The second-order valence-electron chi connectivity index (χ2n) is 6.99. The van der Waals surface area contributed by atoms with E-state index < -0.39 is 11.9 Å². The molecule has 0 bridgehead atoms. The minimum atomic E-state index is -0.675. The largest absolute Gasteiger partial charge is 0.450 e.